The SMILES string of the molecule is C=C(C)CNc1cc(C)c(N)c(C(=O)OC)c1. The van der Waals surface area contributed by atoms with E-state index in [-0.39, 0.29) is 0 Å². The first-order valence-corrected chi connectivity index (χ1v) is 5.32. The maximum absolute atomic E-state index is 11.5. The number of benzene rings is 1. The van der Waals surface area contributed by atoms with Crippen LogP contribution >= 0.6 is 0 Å². The quantitative estimate of drug-likeness (QED) is 0.477. The topological polar surface area (TPSA) is 64.3 Å². The molecule has 3 N–H and O–H groups in total. The first-order chi connectivity index (χ1) is 7.95. The number of rotatable bonds is 4. The minimum atomic E-state index is -0.426. The number of esters is 1. The van der Waals surface area contributed by atoms with Crippen molar-refractivity contribution >= 4 is 17.3 Å². The molecule has 0 aliphatic rings. The number of nitrogens with one attached hydrogen (secondary N) is 1. The third-order valence-electron chi connectivity index (χ3n) is 2.39. The largest absolute Gasteiger partial charge is 0.465 e. The number of hydrogen-bond donors (Lipinski definition) is 2. The highest BCUT2D eigenvalue weighted by atomic mass is 16.5. The van der Waals surface area contributed by atoms with Crippen LogP contribution in [-0.4, -0.2) is 19.6 Å². The highest BCUT2D eigenvalue weighted by Crippen LogP contribution is 2.23. The molecule has 0 saturated heterocycles. The average Bonchev–Trinajstić information content (AvgIpc) is 2.29. The number of aryl methyl sites for hydroxylation is 1. The van der Waals surface area contributed by atoms with Crippen LogP contribution in [0.15, 0.2) is 24.3 Å². The molecule has 0 fully saturated rings. The number of hydrogen-bond acceptors (Lipinski definition) is 4. The van der Waals surface area contributed by atoms with Crippen molar-refractivity contribution in [3.8, 4) is 0 Å². The highest BCUT2D eigenvalue weighted by molar-refractivity contribution is 5.97. The molecule has 0 saturated carbocycles. The zero-order valence-corrected chi connectivity index (χ0v) is 10.5. The Balaban J connectivity index is 3.05. The van der Waals surface area contributed by atoms with Crippen molar-refractivity contribution in [1.29, 1.82) is 0 Å². The molecule has 4 heteroatoms. The van der Waals surface area contributed by atoms with Crippen molar-refractivity contribution in [3.63, 3.8) is 0 Å². The van der Waals surface area contributed by atoms with Crippen molar-refractivity contribution in [1.82, 2.24) is 0 Å². The van der Waals surface area contributed by atoms with E-state index in [0.717, 1.165) is 16.8 Å². The van der Waals surface area contributed by atoms with Crippen LogP contribution < -0.4 is 11.1 Å². The van der Waals surface area contributed by atoms with Gasteiger partial charge in [0.05, 0.1) is 12.7 Å². The summed E-state index contributed by atoms with van der Waals surface area (Å²) in [5, 5.41) is 3.17. The van der Waals surface area contributed by atoms with Crippen LogP contribution in [0.25, 0.3) is 0 Å². The molecule has 0 heterocycles. The van der Waals surface area contributed by atoms with Gasteiger partial charge in [-0.2, -0.15) is 0 Å². The summed E-state index contributed by atoms with van der Waals surface area (Å²) in [6.45, 7) is 8.25. The standard InChI is InChI=1S/C13H18N2O2/c1-8(2)7-15-10-5-9(3)12(14)11(6-10)13(16)17-4/h5-6,15H,1,7,14H2,2-4H3. The molecule has 0 radical (unpaired) electrons. The molecule has 0 spiro atoms. The molecule has 1 aromatic rings. The Morgan fingerprint density at radius 3 is 2.71 bits per heavy atom. The van der Waals surface area contributed by atoms with Crippen LogP contribution in [0.4, 0.5) is 11.4 Å². The van der Waals surface area contributed by atoms with Crippen molar-refractivity contribution in [2.24, 2.45) is 0 Å². The van der Waals surface area contributed by atoms with E-state index in [1.54, 1.807) is 6.07 Å². The van der Waals surface area contributed by atoms with E-state index in [2.05, 4.69) is 16.6 Å². The van der Waals surface area contributed by atoms with Gasteiger partial charge in [-0.3, -0.25) is 0 Å². The summed E-state index contributed by atoms with van der Waals surface area (Å²) in [6.07, 6.45) is 0. The van der Waals surface area contributed by atoms with Crippen molar-refractivity contribution in [2.45, 2.75) is 13.8 Å². The molecular formula is C13H18N2O2. The molecule has 0 aromatic heterocycles. The number of nitrogens with two attached hydrogens (primary N) is 1. The second kappa shape index (κ2) is 5.39. The molecule has 92 valence electrons. The summed E-state index contributed by atoms with van der Waals surface area (Å²) in [4.78, 5) is 11.5. The number of carbonyl (C=O) groups is 1. The normalized spacial score (nSPS) is 9.82. The fraction of sp³-hybridized carbons (Fsp3) is 0.308. The number of nitrogen functional groups attached to an aromatic ring is 1. The average molecular weight is 234 g/mol. The third-order valence-corrected chi connectivity index (χ3v) is 2.39. The zero-order valence-electron chi connectivity index (χ0n) is 10.5. The lowest BCUT2D eigenvalue weighted by Gasteiger charge is -2.12. The Bertz CT molecular complexity index is 453. The van der Waals surface area contributed by atoms with E-state index in [9.17, 15) is 4.79 Å². The molecule has 17 heavy (non-hydrogen) atoms. The molecule has 0 aliphatic carbocycles. The third kappa shape index (κ3) is 3.24. The molecule has 0 aliphatic heterocycles. The lowest BCUT2D eigenvalue weighted by atomic mass is 10.1. The molecule has 1 rings (SSSR count). The summed E-state index contributed by atoms with van der Waals surface area (Å²) in [5.41, 5.74) is 9.37. The van der Waals surface area contributed by atoms with Gasteiger partial charge >= 0.3 is 5.97 Å². The van der Waals surface area contributed by atoms with Crippen LogP contribution in [-0.2, 0) is 4.74 Å². The first kappa shape index (κ1) is 13.1. The number of ether oxygens (including phenoxy) is 1. The number of anilines is 2. The van der Waals surface area contributed by atoms with Crippen LogP contribution in [0.1, 0.15) is 22.8 Å². The van der Waals surface area contributed by atoms with Gasteiger partial charge in [-0.1, -0.05) is 12.2 Å². The fourth-order valence-electron chi connectivity index (χ4n) is 1.43. The zero-order chi connectivity index (χ0) is 13.0. The lowest BCUT2D eigenvalue weighted by Crippen LogP contribution is -2.09. The summed E-state index contributed by atoms with van der Waals surface area (Å²) < 4.78 is 4.69. The molecule has 4 nitrogen and oxygen atoms in total. The predicted molar refractivity (Wildman–Crippen MR) is 70.2 cm³/mol. The Kier molecular flexibility index (Phi) is 4.15. The van der Waals surface area contributed by atoms with Crippen LogP contribution in [0.2, 0.25) is 0 Å². The van der Waals surface area contributed by atoms with E-state index >= 15 is 0 Å². The molecule has 0 bridgehead atoms. The van der Waals surface area contributed by atoms with Crippen LogP contribution in [0.3, 0.4) is 0 Å². The van der Waals surface area contributed by atoms with E-state index in [1.807, 2.05) is 19.9 Å². The van der Waals surface area contributed by atoms with E-state index in [0.29, 0.717) is 17.8 Å². The van der Waals surface area contributed by atoms with E-state index in [1.165, 1.54) is 7.11 Å². The van der Waals surface area contributed by atoms with E-state index < -0.39 is 5.97 Å². The van der Waals surface area contributed by atoms with Crippen molar-refractivity contribution in [3.05, 3.63) is 35.4 Å². The lowest BCUT2D eigenvalue weighted by molar-refractivity contribution is 0.0602. The van der Waals surface area contributed by atoms with Crippen molar-refractivity contribution in [2.75, 3.05) is 24.7 Å². The first-order valence-electron chi connectivity index (χ1n) is 5.32. The van der Waals surface area contributed by atoms with Crippen LogP contribution in [0, 0.1) is 6.92 Å². The maximum Gasteiger partial charge on any atom is 0.340 e. The summed E-state index contributed by atoms with van der Waals surface area (Å²) in [6, 6.07) is 3.59. The van der Waals surface area contributed by atoms with Gasteiger partial charge in [-0.25, -0.2) is 4.79 Å². The summed E-state index contributed by atoms with van der Waals surface area (Å²) in [5.74, 6) is -0.426. The summed E-state index contributed by atoms with van der Waals surface area (Å²) in [7, 11) is 1.34. The van der Waals surface area contributed by atoms with Gasteiger partial charge in [0.15, 0.2) is 0 Å². The Hall–Kier alpha value is -1.97. The minimum Gasteiger partial charge on any atom is -0.465 e. The smallest absolute Gasteiger partial charge is 0.340 e. The molecule has 0 unspecified atom stereocenters. The van der Waals surface area contributed by atoms with Gasteiger partial charge in [0, 0.05) is 17.9 Å². The second-order valence-corrected chi connectivity index (χ2v) is 4.06. The molecule has 0 amide bonds. The van der Waals surface area contributed by atoms with Gasteiger partial charge in [-0.15, -0.1) is 0 Å². The highest BCUT2D eigenvalue weighted by Gasteiger charge is 2.13. The minimum absolute atomic E-state index is 0.386. The second-order valence-electron chi connectivity index (χ2n) is 4.06. The molecule has 1 aromatic carbocycles. The molecule has 0 atom stereocenters. The summed E-state index contributed by atoms with van der Waals surface area (Å²) >= 11 is 0. The predicted octanol–water partition coefficient (Wildman–Crippen LogP) is 2.35. The Morgan fingerprint density at radius 2 is 2.18 bits per heavy atom. The number of carbonyl (C=O) groups excluding carboxylic acids is 1. The van der Waals surface area contributed by atoms with Gasteiger partial charge in [0.2, 0.25) is 0 Å². The maximum atomic E-state index is 11.5. The van der Waals surface area contributed by atoms with E-state index in [4.69, 9.17) is 5.73 Å². The van der Waals surface area contributed by atoms with Crippen molar-refractivity contribution < 1.29 is 9.53 Å². The Labute approximate surface area is 101 Å². The van der Waals surface area contributed by atoms with Gasteiger partial charge in [0.25, 0.3) is 0 Å². The Morgan fingerprint density at radius 1 is 1.53 bits per heavy atom. The van der Waals surface area contributed by atoms with Gasteiger partial charge < -0.3 is 15.8 Å². The molecular weight excluding hydrogens is 216 g/mol. The fourth-order valence-corrected chi connectivity index (χ4v) is 1.43. The van der Waals surface area contributed by atoms with Gasteiger partial charge in [0.1, 0.15) is 0 Å². The van der Waals surface area contributed by atoms with Gasteiger partial charge in [-0.05, 0) is 31.5 Å². The monoisotopic (exact) mass is 234 g/mol. The van der Waals surface area contributed by atoms with Crippen LogP contribution in [0.5, 0.6) is 0 Å². The number of methoxy groups -OCH3 is 1.